The van der Waals surface area contributed by atoms with E-state index in [1.165, 1.54) is 20.1 Å². The lowest BCUT2D eigenvalue weighted by molar-refractivity contribution is -0.140. The Morgan fingerprint density at radius 3 is 1.76 bits per heavy atom. The largest absolute Gasteiger partial charge is 0.478 e. The fraction of sp³-hybridized carbons (Fsp3) is 0.520. The SMILES string of the molecule is C=C(C)C(=O)OCC(C)C.C=C(C)C(=O)OCCCC.C=C(CC=C(C)C(=O)O)C(=O)OC. The van der Waals surface area contributed by atoms with Crippen LogP contribution in [0.5, 0.6) is 0 Å². The molecule has 0 unspecified atom stereocenters. The Labute approximate surface area is 198 Å². The molecule has 0 saturated heterocycles. The van der Waals surface area contributed by atoms with Crippen LogP contribution in [0.15, 0.2) is 48.1 Å². The average Bonchev–Trinajstić information content (AvgIpc) is 2.75. The quantitative estimate of drug-likeness (QED) is 0.199. The van der Waals surface area contributed by atoms with Crippen molar-refractivity contribution in [1.29, 1.82) is 0 Å². The van der Waals surface area contributed by atoms with E-state index < -0.39 is 11.9 Å². The third kappa shape index (κ3) is 23.3. The van der Waals surface area contributed by atoms with Crippen LogP contribution in [0, 0.1) is 5.92 Å². The number of carbonyl (C=O) groups excluding carboxylic acids is 3. The van der Waals surface area contributed by atoms with Crippen LogP contribution in [0.2, 0.25) is 0 Å². The van der Waals surface area contributed by atoms with E-state index in [1.807, 2.05) is 13.8 Å². The molecule has 0 atom stereocenters. The van der Waals surface area contributed by atoms with E-state index in [1.54, 1.807) is 13.8 Å². The van der Waals surface area contributed by atoms with Crippen molar-refractivity contribution in [1.82, 2.24) is 0 Å². The highest BCUT2D eigenvalue weighted by Gasteiger charge is 2.06. The first-order chi connectivity index (χ1) is 15.2. The van der Waals surface area contributed by atoms with Crippen molar-refractivity contribution in [3.63, 3.8) is 0 Å². The van der Waals surface area contributed by atoms with Crippen LogP contribution >= 0.6 is 0 Å². The fourth-order valence-electron chi connectivity index (χ4n) is 1.39. The Morgan fingerprint density at radius 2 is 1.39 bits per heavy atom. The predicted octanol–water partition coefficient (Wildman–Crippen LogP) is 4.80. The first-order valence-electron chi connectivity index (χ1n) is 10.5. The van der Waals surface area contributed by atoms with E-state index >= 15 is 0 Å². The summed E-state index contributed by atoms with van der Waals surface area (Å²) >= 11 is 0. The molecule has 0 aromatic rings. The number of allylic oxidation sites excluding steroid dienone is 1. The monoisotopic (exact) mass is 468 g/mol. The number of carboxylic acid groups (broad SMARTS) is 1. The Kier molecular flexibility index (Phi) is 21.6. The minimum absolute atomic E-state index is 0.185. The highest BCUT2D eigenvalue weighted by molar-refractivity contribution is 5.89. The van der Waals surface area contributed by atoms with Gasteiger partial charge < -0.3 is 19.3 Å². The Balaban J connectivity index is -0.000000415. The lowest BCUT2D eigenvalue weighted by Gasteiger charge is -2.05. The maximum absolute atomic E-state index is 10.8. The fourth-order valence-corrected chi connectivity index (χ4v) is 1.39. The van der Waals surface area contributed by atoms with Gasteiger partial charge in [0.15, 0.2) is 0 Å². The summed E-state index contributed by atoms with van der Waals surface area (Å²) < 4.78 is 14.0. The van der Waals surface area contributed by atoms with Gasteiger partial charge in [0, 0.05) is 22.3 Å². The second kappa shape index (κ2) is 20.7. The van der Waals surface area contributed by atoms with E-state index in [2.05, 4.69) is 31.4 Å². The zero-order valence-electron chi connectivity index (χ0n) is 21.1. The smallest absolute Gasteiger partial charge is 0.333 e. The number of unbranched alkanes of at least 4 members (excludes halogenated alkanes) is 1. The van der Waals surface area contributed by atoms with Crippen molar-refractivity contribution in [2.45, 2.75) is 60.8 Å². The number of esters is 3. The molecule has 0 radical (unpaired) electrons. The van der Waals surface area contributed by atoms with Crippen molar-refractivity contribution in [2.24, 2.45) is 5.92 Å². The first kappa shape index (κ1) is 34.5. The van der Waals surface area contributed by atoms with Gasteiger partial charge in [0.25, 0.3) is 0 Å². The molecule has 188 valence electrons. The Morgan fingerprint density at radius 1 is 0.909 bits per heavy atom. The number of aliphatic carboxylic acids is 1. The van der Waals surface area contributed by atoms with E-state index in [0.29, 0.717) is 30.3 Å². The topological polar surface area (TPSA) is 116 Å². The minimum atomic E-state index is -1.00. The third-order valence-corrected chi connectivity index (χ3v) is 3.44. The highest BCUT2D eigenvalue weighted by Crippen LogP contribution is 2.04. The summed E-state index contributed by atoms with van der Waals surface area (Å²) in [6, 6.07) is 0. The molecule has 0 rings (SSSR count). The molecule has 0 aliphatic carbocycles. The Hall–Kier alpha value is -3.16. The molecule has 8 heteroatoms. The van der Waals surface area contributed by atoms with Gasteiger partial charge in [-0.15, -0.1) is 0 Å². The minimum Gasteiger partial charge on any atom is -0.478 e. The number of rotatable bonds is 11. The van der Waals surface area contributed by atoms with E-state index in [4.69, 9.17) is 14.6 Å². The summed E-state index contributed by atoms with van der Waals surface area (Å²) in [4.78, 5) is 42.6. The molecular formula is C25H40O8. The van der Waals surface area contributed by atoms with Gasteiger partial charge in [-0.1, -0.05) is 53.0 Å². The second-order valence-corrected chi connectivity index (χ2v) is 7.53. The number of carbonyl (C=O) groups is 4. The highest BCUT2D eigenvalue weighted by atomic mass is 16.5. The van der Waals surface area contributed by atoms with Crippen LogP contribution in [-0.2, 0) is 33.4 Å². The summed E-state index contributed by atoms with van der Waals surface area (Å²) in [6.07, 6.45) is 3.59. The molecule has 0 amide bonds. The molecule has 0 aliphatic rings. The third-order valence-electron chi connectivity index (χ3n) is 3.44. The van der Waals surface area contributed by atoms with Gasteiger partial charge in [-0.25, -0.2) is 19.2 Å². The van der Waals surface area contributed by atoms with Crippen molar-refractivity contribution < 1.29 is 38.5 Å². The maximum atomic E-state index is 10.8. The zero-order valence-corrected chi connectivity index (χ0v) is 21.1. The summed E-state index contributed by atoms with van der Waals surface area (Å²) in [7, 11) is 1.25. The molecule has 0 aromatic carbocycles. The van der Waals surface area contributed by atoms with Gasteiger partial charge in [0.05, 0.1) is 20.3 Å². The number of hydrogen-bond acceptors (Lipinski definition) is 7. The predicted molar refractivity (Wildman–Crippen MR) is 128 cm³/mol. The zero-order chi connectivity index (χ0) is 26.6. The standard InChI is InChI=1S/C9H12O4.2C8H14O2/c1-6(8(10)11)4-5-7(2)9(12)13-3;1-6(2)5-10-8(9)7(3)4;1-4-5-6-10-8(9)7(2)3/h4H,2,5H2,1,3H3,(H,10,11);6H,3,5H2,1-2,4H3;2,4-6H2,1,3H3. The number of hydrogen-bond donors (Lipinski definition) is 1. The molecule has 0 bridgehead atoms. The van der Waals surface area contributed by atoms with E-state index in [9.17, 15) is 19.2 Å². The molecular weight excluding hydrogens is 428 g/mol. The van der Waals surface area contributed by atoms with Crippen molar-refractivity contribution in [2.75, 3.05) is 20.3 Å². The van der Waals surface area contributed by atoms with Crippen molar-refractivity contribution in [3.8, 4) is 0 Å². The summed E-state index contributed by atoms with van der Waals surface area (Å²) in [6.45, 7) is 22.1. The van der Waals surface area contributed by atoms with Gasteiger partial charge in [0.1, 0.15) is 0 Å². The lowest BCUT2D eigenvalue weighted by Crippen LogP contribution is -2.09. The lowest BCUT2D eigenvalue weighted by atomic mass is 10.1. The molecule has 0 spiro atoms. The molecule has 33 heavy (non-hydrogen) atoms. The summed E-state index contributed by atoms with van der Waals surface area (Å²) in [5.41, 5.74) is 1.35. The molecule has 0 aromatic heterocycles. The van der Waals surface area contributed by atoms with Crippen LogP contribution in [0.25, 0.3) is 0 Å². The molecule has 0 aliphatic heterocycles. The van der Waals surface area contributed by atoms with Crippen LogP contribution in [0.4, 0.5) is 0 Å². The van der Waals surface area contributed by atoms with Gasteiger partial charge in [-0.3, -0.25) is 0 Å². The van der Waals surface area contributed by atoms with Gasteiger partial charge >= 0.3 is 23.9 Å². The number of methoxy groups -OCH3 is 1. The number of ether oxygens (including phenoxy) is 3. The first-order valence-corrected chi connectivity index (χ1v) is 10.5. The van der Waals surface area contributed by atoms with Gasteiger partial charge in [0.2, 0.25) is 0 Å². The average molecular weight is 469 g/mol. The molecule has 0 fully saturated rings. The van der Waals surface area contributed by atoms with Gasteiger partial charge in [-0.2, -0.15) is 0 Å². The second-order valence-electron chi connectivity index (χ2n) is 7.53. The van der Waals surface area contributed by atoms with Crippen LogP contribution in [-0.4, -0.2) is 49.3 Å². The van der Waals surface area contributed by atoms with E-state index in [0.717, 1.165) is 12.8 Å². The molecule has 0 heterocycles. The Bertz CT molecular complexity index is 714. The van der Waals surface area contributed by atoms with E-state index in [-0.39, 0.29) is 29.5 Å². The van der Waals surface area contributed by atoms with Crippen molar-refractivity contribution in [3.05, 3.63) is 48.1 Å². The summed E-state index contributed by atoms with van der Waals surface area (Å²) in [5.74, 6) is -1.71. The van der Waals surface area contributed by atoms with Crippen LogP contribution in [0.3, 0.4) is 0 Å². The molecule has 8 nitrogen and oxygen atoms in total. The van der Waals surface area contributed by atoms with Gasteiger partial charge in [-0.05, 0) is 39.5 Å². The van der Waals surface area contributed by atoms with Crippen molar-refractivity contribution >= 4 is 23.9 Å². The summed E-state index contributed by atoms with van der Waals surface area (Å²) in [5, 5.41) is 8.48. The molecule has 1 N–H and O–H groups in total. The number of carboxylic acids is 1. The van der Waals surface area contributed by atoms with Crippen LogP contribution < -0.4 is 0 Å². The normalized spacial score (nSPS) is 9.88. The maximum Gasteiger partial charge on any atom is 0.333 e. The van der Waals surface area contributed by atoms with Crippen LogP contribution in [0.1, 0.15) is 60.8 Å². The molecule has 0 saturated carbocycles.